The molecule has 2 rings (SSSR count). The lowest BCUT2D eigenvalue weighted by Gasteiger charge is -2.08. The minimum atomic E-state index is 0.0737. The van der Waals surface area contributed by atoms with Crippen molar-refractivity contribution in [2.75, 3.05) is 0 Å². The monoisotopic (exact) mass is 217 g/mol. The molecule has 0 radical (unpaired) electrons. The van der Waals surface area contributed by atoms with E-state index in [1.54, 1.807) is 0 Å². The van der Waals surface area contributed by atoms with Gasteiger partial charge in [0.2, 0.25) is 0 Å². The molecule has 86 valence electrons. The number of aryl methyl sites for hydroxylation is 1. The second-order valence-corrected chi connectivity index (χ2v) is 4.73. The number of benzene rings is 1. The molecule has 3 heteroatoms. The lowest BCUT2D eigenvalue weighted by Crippen LogP contribution is -2.04. The highest BCUT2D eigenvalue weighted by atomic mass is 15.3. The molecule has 2 N–H and O–H groups in total. The van der Waals surface area contributed by atoms with Gasteiger partial charge in [-0.25, -0.2) is 0 Å². The average molecular weight is 217 g/mol. The van der Waals surface area contributed by atoms with Crippen LogP contribution in [0.3, 0.4) is 0 Å². The van der Waals surface area contributed by atoms with Crippen molar-refractivity contribution in [3.05, 3.63) is 29.5 Å². The van der Waals surface area contributed by atoms with Gasteiger partial charge < -0.3 is 5.73 Å². The topological polar surface area (TPSA) is 43.8 Å². The molecule has 1 aromatic heterocycles. The molecular formula is C13H19N3. The summed E-state index contributed by atoms with van der Waals surface area (Å²) in [7, 11) is 2.00. The summed E-state index contributed by atoms with van der Waals surface area (Å²) >= 11 is 0. The van der Waals surface area contributed by atoms with Gasteiger partial charge in [0.05, 0.1) is 5.52 Å². The fourth-order valence-electron chi connectivity index (χ4n) is 2.20. The molecule has 0 aliphatic heterocycles. The third-order valence-electron chi connectivity index (χ3n) is 2.98. The van der Waals surface area contributed by atoms with Gasteiger partial charge in [-0.05, 0) is 30.5 Å². The van der Waals surface area contributed by atoms with Crippen molar-refractivity contribution in [1.82, 2.24) is 9.78 Å². The zero-order valence-corrected chi connectivity index (χ0v) is 10.4. The Balaban J connectivity index is 2.69. The minimum absolute atomic E-state index is 0.0737. The Morgan fingerprint density at radius 1 is 1.25 bits per heavy atom. The first kappa shape index (κ1) is 11.1. The van der Waals surface area contributed by atoms with E-state index in [0.717, 1.165) is 5.52 Å². The predicted octanol–water partition coefficient (Wildman–Crippen LogP) is 2.72. The van der Waals surface area contributed by atoms with E-state index in [0.29, 0.717) is 5.92 Å². The third-order valence-corrected chi connectivity index (χ3v) is 2.98. The van der Waals surface area contributed by atoms with Crippen LogP contribution < -0.4 is 5.73 Å². The second-order valence-electron chi connectivity index (χ2n) is 4.73. The van der Waals surface area contributed by atoms with Crippen molar-refractivity contribution in [2.45, 2.75) is 32.7 Å². The summed E-state index contributed by atoms with van der Waals surface area (Å²) in [5.74, 6) is 0.471. The molecule has 1 heterocycles. The smallest absolute Gasteiger partial charge is 0.0926 e. The summed E-state index contributed by atoms with van der Waals surface area (Å²) in [6, 6.07) is 6.36. The van der Waals surface area contributed by atoms with Crippen LogP contribution in [0.1, 0.15) is 44.0 Å². The van der Waals surface area contributed by atoms with Gasteiger partial charge in [0.15, 0.2) is 0 Å². The Hall–Kier alpha value is -1.35. The highest BCUT2D eigenvalue weighted by Gasteiger charge is 2.13. The van der Waals surface area contributed by atoms with Crippen LogP contribution in [-0.4, -0.2) is 9.78 Å². The molecular weight excluding hydrogens is 198 g/mol. The predicted molar refractivity (Wildman–Crippen MR) is 67.4 cm³/mol. The maximum absolute atomic E-state index is 5.91. The molecule has 1 aromatic carbocycles. The minimum Gasteiger partial charge on any atom is -0.324 e. The fourth-order valence-corrected chi connectivity index (χ4v) is 2.20. The van der Waals surface area contributed by atoms with E-state index < -0.39 is 0 Å². The Bertz CT molecular complexity index is 509. The largest absolute Gasteiger partial charge is 0.324 e. The number of hydrogen-bond donors (Lipinski definition) is 1. The molecule has 0 spiro atoms. The molecule has 16 heavy (non-hydrogen) atoms. The van der Waals surface area contributed by atoms with Gasteiger partial charge in [-0.1, -0.05) is 19.9 Å². The summed E-state index contributed by atoms with van der Waals surface area (Å²) in [4.78, 5) is 0. The maximum atomic E-state index is 5.91. The molecule has 0 fully saturated rings. The number of hydrogen-bond acceptors (Lipinski definition) is 2. The summed E-state index contributed by atoms with van der Waals surface area (Å²) in [6.07, 6.45) is 0. The van der Waals surface area contributed by atoms with Crippen LogP contribution in [0.2, 0.25) is 0 Å². The number of rotatable bonds is 2. The summed E-state index contributed by atoms with van der Waals surface area (Å²) in [5.41, 5.74) is 9.41. The number of fused-ring (bicyclic) bond motifs is 1. The Morgan fingerprint density at radius 2 is 1.94 bits per heavy atom. The van der Waals surface area contributed by atoms with Gasteiger partial charge in [0.25, 0.3) is 0 Å². The normalized spacial score (nSPS) is 13.6. The highest BCUT2D eigenvalue weighted by Crippen LogP contribution is 2.26. The van der Waals surface area contributed by atoms with Crippen LogP contribution >= 0.6 is 0 Å². The van der Waals surface area contributed by atoms with Crippen molar-refractivity contribution < 1.29 is 0 Å². The lowest BCUT2D eigenvalue weighted by atomic mass is 10.0. The molecule has 0 bridgehead atoms. The van der Waals surface area contributed by atoms with E-state index in [9.17, 15) is 0 Å². The van der Waals surface area contributed by atoms with Crippen LogP contribution in [0, 0.1) is 0 Å². The van der Waals surface area contributed by atoms with Gasteiger partial charge in [-0.2, -0.15) is 5.10 Å². The summed E-state index contributed by atoms with van der Waals surface area (Å²) in [5, 5.41) is 5.74. The highest BCUT2D eigenvalue weighted by molar-refractivity contribution is 5.82. The van der Waals surface area contributed by atoms with Crippen LogP contribution in [0.4, 0.5) is 0 Å². The fraction of sp³-hybridized carbons (Fsp3) is 0.462. The van der Waals surface area contributed by atoms with E-state index in [1.165, 1.54) is 16.6 Å². The van der Waals surface area contributed by atoms with Crippen molar-refractivity contribution in [3.8, 4) is 0 Å². The number of nitrogens with zero attached hydrogens (tertiary/aromatic N) is 2. The second kappa shape index (κ2) is 3.91. The standard InChI is InChI=1S/C13H19N3/c1-8(2)13-11-7-10(9(3)14)5-6-12(11)15-16(13)4/h5-9H,14H2,1-4H3. The maximum Gasteiger partial charge on any atom is 0.0926 e. The van der Waals surface area contributed by atoms with Gasteiger partial charge in [0, 0.05) is 24.2 Å². The SMILES string of the molecule is CC(C)c1c2cc(C(C)N)ccc2nn1C. The van der Waals surface area contributed by atoms with E-state index >= 15 is 0 Å². The van der Waals surface area contributed by atoms with Crippen molar-refractivity contribution in [1.29, 1.82) is 0 Å². The molecule has 3 nitrogen and oxygen atoms in total. The van der Waals surface area contributed by atoms with Crippen LogP contribution in [0.25, 0.3) is 10.9 Å². The first-order chi connectivity index (χ1) is 7.50. The number of aromatic nitrogens is 2. The van der Waals surface area contributed by atoms with Gasteiger partial charge in [-0.15, -0.1) is 0 Å². The molecule has 0 aliphatic rings. The van der Waals surface area contributed by atoms with Crippen LogP contribution in [0.15, 0.2) is 18.2 Å². The molecule has 1 unspecified atom stereocenters. The lowest BCUT2D eigenvalue weighted by molar-refractivity contribution is 0.677. The van der Waals surface area contributed by atoms with E-state index in [2.05, 4.69) is 37.1 Å². The number of nitrogens with two attached hydrogens (primary N) is 1. The van der Waals surface area contributed by atoms with E-state index in [-0.39, 0.29) is 6.04 Å². The molecule has 0 aliphatic carbocycles. The summed E-state index contributed by atoms with van der Waals surface area (Å²) < 4.78 is 1.97. The first-order valence-corrected chi connectivity index (χ1v) is 5.73. The van der Waals surface area contributed by atoms with Crippen molar-refractivity contribution >= 4 is 10.9 Å². The zero-order valence-electron chi connectivity index (χ0n) is 10.4. The Labute approximate surface area is 96.2 Å². The zero-order chi connectivity index (χ0) is 11.9. The molecule has 0 saturated carbocycles. The van der Waals surface area contributed by atoms with E-state index in [4.69, 9.17) is 5.73 Å². The molecule has 1 atom stereocenters. The third kappa shape index (κ3) is 1.71. The van der Waals surface area contributed by atoms with E-state index in [1.807, 2.05) is 18.7 Å². The van der Waals surface area contributed by atoms with Crippen molar-refractivity contribution in [2.24, 2.45) is 12.8 Å². The van der Waals surface area contributed by atoms with Gasteiger partial charge in [-0.3, -0.25) is 4.68 Å². The molecule has 0 amide bonds. The van der Waals surface area contributed by atoms with Gasteiger partial charge >= 0.3 is 0 Å². The average Bonchev–Trinajstić information content (AvgIpc) is 2.51. The molecule has 0 saturated heterocycles. The Morgan fingerprint density at radius 3 is 2.50 bits per heavy atom. The van der Waals surface area contributed by atoms with Crippen LogP contribution in [-0.2, 0) is 7.05 Å². The quantitative estimate of drug-likeness (QED) is 0.840. The van der Waals surface area contributed by atoms with Crippen molar-refractivity contribution in [3.63, 3.8) is 0 Å². The first-order valence-electron chi connectivity index (χ1n) is 5.73. The Kier molecular flexibility index (Phi) is 2.72. The summed E-state index contributed by atoms with van der Waals surface area (Å²) in [6.45, 7) is 6.39. The molecule has 2 aromatic rings. The van der Waals surface area contributed by atoms with Gasteiger partial charge in [0.1, 0.15) is 0 Å². The van der Waals surface area contributed by atoms with Crippen LogP contribution in [0.5, 0.6) is 0 Å².